The van der Waals surface area contributed by atoms with E-state index in [0.29, 0.717) is 0 Å². The average Bonchev–Trinajstić information content (AvgIpc) is 2.69. The molecule has 0 radical (unpaired) electrons. The Bertz CT molecular complexity index is 887. The SMILES string of the molecule is BrC1=CC(c2nc(-c3ccccc3)cc(-c3ccccc3)n2)=CCC1. The van der Waals surface area contributed by atoms with Crippen LogP contribution < -0.4 is 0 Å². The number of rotatable bonds is 3. The first-order chi connectivity index (χ1) is 12.3. The monoisotopic (exact) mass is 388 g/mol. The zero-order valence-corrected chi connectivity index (χ0v) is 15.3. The highest BCUT2D eigenvalue weighted by atomic mass is 79.9. The van der Waals surface area contributed by atoms with Gasteiger partial charge in [0.25, 0.3) is 0 Å². The van der Waals surface area contributed by atoms with Crippen molar-refractivity contribution in [2.45, 2.75) is 12.8 Å². The molecule has 1 aliphatic carbocycles. The molecule has 25 heavy (non-hydrogen) atoms. The van der Waals surface area contributed by atoms with Gasteiger partial charge in [0, 0.05) is 16.7 Å². The maximum Gasteiger partial charge on any atom is 0.160 e. The van der Waals surface area contributed by atoms with E-state index in [9.17, 15) is 0 Å². The van der Waals surface area contributed by atoms with Crippen molar-refractivity contribution in [2.24, 2.45) is 0 Å². The first-order valence-corrected chi connectivity index (χ1v) is 9.15. The Morgan fingerprint density at radius 2 is 1.32 bits per heavy atom. The lowest BCUT2D eigenvalue weighted by atomic mass is 10.0. The van der Waals surface area contributed by atoms with Crippen molar-refractivity contribution in [3.63, 3.8) is 0 Å². The molecule has 2 aromatic carbocycles. The van der Waals surface area contributed by atoms with Crippen LogP contribution in [0.15, 0.2) is 83.4 Å². The summed E-state index contributed by atoms with van der Waals surface area (Å²) in [6.45, 7) is 0. The van der Waals surface area contributed by atoms with Crippen molar-refractivity contribution in [3.8, 4) is 22.5 Å². The normalized spacial score (nSPS) is 14.0. The van der Waals surface area contributed by atoms with Crippen molar-refractivity contribution in [2.75, 3.05) is 0 Å². The van der Waals surface area contributed by atoms with E-state index in [0.717, 1.165) is 46.8 Å². The number of halogens is 1. The molecule has 0 spiro atoms. The number of hydrogen-bond donors (Lipinski definition) is 0. The van der Waals surface area contributed by atoms with Gasteiger partial charge in [-0.25, -0.2) is 9.97 Å². The topological polar surface area (TPSA) is 25.8 Å². The minimum Gasteiger partial charge on any atom is -0.228 e. The van der Waals surface area contributed by atoms with Crippen LogP contribution in [0.1, 0.15) is 18.7 Å². The van der Waals surface area contributed by atoms with E-state index in [1.54, 1.807) is 0 Å². The summed E-state index contributed by atoms with van der Waals surface area (Å²) in [5, 5.41) is 0. The van der Waals surface area contributed by atoms with Crippen LogP contribution in [0.2, 0.25) is 0 Å². The van der Waals surface area contributed by atoms with Crippen LogP contribution in [-0.2, 0) is 0 Å². The maximum atomic E-state index is 4.84. The van der Waals surface area contributed by atoms with Gasteiger partial charge in [-0.1, -0.05) is 82.7 Å². The standard InChI is InChI=1S/C22H17BrN2/c23-19-13-7-12-18(14-19)22-24-20(16-8-3-1-4-9-16)15-21(25-22)17-10-5-2-6-11-17/h1-6,8-12,14-15H,7,13H2. The van der Waals surface area contributed by atoms with Crippen LogP contribution in [0.3, 0.4) is 0 Å². The lowest BCUT2D eigenvalue weighted by Crippen LogP contribution is -2.00. The van der Waals surface area contributed by atoms with E-state index in [1.165, 1.54) is 4.48 Å². The van der Waals surface area contributed by atoms with E-state index in [1.807, 2.05) is 36.4 Å². The van der Waals surface area contributed by atoms with Gasteiger partial charge in [0.2, 0.25) is 0 Å². The van der Waals surface area contributed by atoms with Crippen LogP contribution in [-0.4, -0.2) is 9.97 Å². The summed E-state index contributed by atoms with van der Waals surface area (Å²) in [7, 11) is 0. The summed E-state index contributed by atoms with van der Waals surface area (Å²) in [4.78, 5) is 9.68. The Morgan fingerprint density at radius 3 is 1.84 bits per heavy atom. The molecular weight excluding hydrogens is 372 g/mol. The summed E-state index contributed by atoms with van der Waals surface area (Å²) in [5.41, 5.74) is 5.17. The quantitative estimate of drug-likeness (QED) is 0.528. The Kier molecular flexibility index (Phi) is 4.57. The van der Waals surface area contributed by atoms with Crippen molar-refractivity contribution < 1.29 is 0 Å². The Labute approximate surface area is 156 Å². The highest BCUT2D eigenvalue weighted by Gasteiger charge is 2.13. The molecule has 0 unspecified atom stereocenters. The average molecular weight is 389 g/mol. The van der Waals surface area contributed by atoms with Gasteiger partial charge in [0.15, 0.2) is 5.82 Å². The number of hydrogen-bond acceptors (Lipinski definition) is 2. The smallest absolute Gasteiger partial charge is 0.160 e. The summed E-state index contributed by atoms with van der Waals surface area (Å²) in [6.07, 6.45) is 6.38. The van der Waals surface area contributed by atoms with Gasteiger partial charge < -0.3 is 0 Å². The Hall–Kier alpha value is -2.52. The molecule has 1 aliphatic rings. The second-order valence-electron chi connectivity index (χ2n) is 5.98. The molecule has 2 nitrogen and oxygen atoms in total. The molecule has 0 atom stereocenters. The second-order valence-corrected chi connectivity index (χ2v) is 7.00. The Morgan fingerprint density at radius 1 is 0.760 bits per heavy atom. The minimum absolute atomic E-state index is 0.775. The van der Waals surface area contributed by atoms with Gasteiger partial charge in [-0.2, -0.15) is 0 Å². The van der Waals surface area contributed by atoms with Crippen LogP contribution in [0, 0.1) is 0 Å². The van der Waals surface area contributed by atoms with Crippen molar-refractivity contribution in [1.82, 2.24) is 9.97 Å². The van der Waals surface area contributed by atoms with E-state index < -0.39 is 0 Å². The zero-order chi connectivity index (χ0) is 17.1. The molecular formula is C22H17BrN2. The number of aromatic nitrogens is 2. The molecule has 0 amide bonds. The molecule has 4 rings (SSSR count). The molecule has 0 saturated heterocycles. The molecule has 0 saturated carbocycles. The first kappa shape index (κ1) is 16.0. The fourth-order valence-corrected chi connectivity index (χ4v) is 3.39. The first-order valence-electron chi connectivity index (χ1n) is 8.36. The Balaban J connectivity index is 1.88. The van der Waals surface area contributed by atoms with Gasteiger partial charge in [0.05, 0.1) is 11.4 Å². The van der Waals surface area contributed by atoms with Gasteiger partial charge in [-0.3, -0.25) is 0 Å². The lowest BCUT2D eigenvalue weighted by Gasteiger charge is -2.12. The lowest BCUT2D eigenvalue weighted by molar-refractivity contribution is 1.02. The third-order valence-corrected chi connectivity index (χ3v) is 4.81. The van der Waals surface area contributed by atoms with Crippen molar-refractivity contribution >= 4 is 21.5 Å². The molecule has 1 heterocycles. The summed E-state index contributed by atoms with van der Waals surface area (Å²) in [6, 6.07) is 22.6. The number of allylic oxidation sites excluding steroid dienone is 4. The molecule has 0 bridgehead atoms. The minimum atomic E-state index is 0.775. The molecule has 0 fully saturated rings. The summed E-state index contributed by atoms with van der Waals surface area (Å²) >= 11 is 3.62. The van der Waals surface area contributed by atoms with Crippen LogP contribution >= 0.6 is 15.9 Å². The van der Waals surface area contributed by atoms with Crippen LogP contribution in [0.4, 0.5) is 0 Å². The van der Waals surface area contributed by atoms with Crippen molar-refractivity contribution in [3.05, 3.63) is 89.2 Å². The molecule has 1 aromatic heterocycles. The van der Waals surface area contributed by atoms with E-state index >= 15 is 0 Å². The molecule has 3 heteroatoms. The summed E-state index contributed by atoms with van der Waals surface area (Å²) < 4.78 is 1.19. The molecule has 122 valence electrons. The third kappa shape index (κ3) is 3.62. The fourth-order valence-electron chi connectivity index (χ4n) is 2.91. The fraction of sp³-hybridized carbons (Fsp3) is 0.0909. The van der Waals surface area contributed by atoms with Gasteiger partial charge in [-0.05, 0) is 29.5 Å². The predicted molar refractivity (Wildman–Crippen MR) is 107 cm³/mol. The maximum absolute atomic E-state index is 4.84. The van der Waals surface area contributed by atoms with E-state index in [4.69, 9.17) is 9.97 Å². The zero-order valence-electron chi connectivity index (χ0n) is 13.7. The van der Waals surface area contributed by atoms with Gasteiger partial charge >= 0.3 is 0 Å². The largest absolute Gasteiger partial charge is 0.228 e. The van der Waals surface area contributed by atoms with Crippen molar-refractivity contribution in [1.29, 1.82) is 0 Å². The van der Waals surface area contributed by atoms with Crippen LogP contribution in [0.5, 0.6) is 0 Å². The van der Waals surface area contributed by atoms with E-state index in [2.05, 4.69) is 58.4 Å². The second kappa shape index (κ2) is 7.16. The summed E-state index contributed by atoms with van der Waals surface area (Å²) in [5.74, 6) is 0.775. The van der Waals surface area contributed by atoms with Crippen LogP contribution in [0.25, 0.3) is 28.1 Å². The highest BCUT2D eigenvalue weighted by Crippen LogP contribution is 2.30. The number of nitrogens with zero attached hydrogens (tertiary/aromatic N) is 2. The molecule has 3 aromatic rings. The van der Waals surface area contributed by atoms with Gasteiger partial charge in [0.1, 0.15) is 0 Å². The molecule has 0 aliphatic heterocycles. The van der Waals surface area contributed by atoms with Gasteiger partial charge in [-0.15, -0.1) is 0 Å². The highest BCUT2D eigenvalue weighted by molar-refractivity contribution is 9.11. The van der Waals surface area contributed by atoms with E-state index in [-0.39, 0.29) is 0 Å². The number of benzene rings is 2. The third-order valence-electron chi connectivity index (χ3n) is 4.18. The molecule has 0 N–H and O–H groups in total. The predicted octanol–water partition coefficient (Wildman–Crippen LogP) is 6.27.